The fourth-order valence-electron chi connectivity index (χ4n) is 1.93. The van der Waals surface area contributed by atoms with Crippen LogP contribution in [0, 0.1) is 0 Å². The van der Waals surface area contributed by atoms with Gasteiger partial charge < -0.3 is 10.4 Å². The summed E-state index contributed by atoms with van der Waals surface area (Å²) in [7, 11) is 0. The molecule has 0 aliphatic carbocycles. The molecule has 6 heteroatoms. The van der Waals surface area contributed by atoms with Gasteiger partial charge in [0, 0.05) is 17.3 Å². The Morgan fingerprint density at radius 1 is 1.22 bits per heavy atom. The molecule has 1 aromatic heterocycles. The summed E-state index contributed by atoms with van der Waals surface area (Å²) in [5.74, 6) is -1.06. The summed E-state index contributed by atoms with van der Waals surface area (Å²) in [5.41, 5.74) is 1.86. The number of nitrogens with one attached hydrogen (secondary N) is 1. The zero-order chi connectivity index (χ0) is 17.0. The van der Waals surface area contributed by atoms with Gasteiger partial charge in [-0.15, -0.1) is 11.3 Å². The molecule has 0 aliphatic rings. The number of nitrogens with zero attached hydrogens (tertiary/aromatic N) is 1. The number of hydrogen-bond acceptors (Lipinski definition) is 4. The van der Waals surface area contributed by atoms with Gasteiger partial charge in [-0.3, -0.25) is 4.79 Å². The summed E-state index contributed by atoms with van der Waals surface area (Å²) >= 11 is 1.57. The van der Waals surface area contributed by atoms with E-state index in [9.17, 15) is 9.59 Å². The molecule has 2 aromatic rings. The highest BCUT2D eigenvalue weighted by Crippen LogP contribution is 2.25. The van der Waals surface area contributed by atoms with E-state index >= 15 is 0 Å². The van der Waals surface area contributed by atoms with Crippen molar-refractivity contribution in [3.8, 4) is 0 Å². The minimum absolute atomic E-state index is 0.00865. The molecule has 0 spiro atoms. The smallest absolute Gasteiger partial charge is 0.335 e. The first-order valence-corrected chi connectivity index (χ1v) is 8.17. The van der Waals surface area contributed by atoms with E-state index < -0.39 is 5.97 Å². The molecule has 0 aliphatic heterocycles. The average Bonchev–Trinajstić information content (AvgIpc) is 2.94. The molecule has 0 saturated heterocycles. The molecular formula is C17H20N2O3S. The lowest BCUT2D eigenvalue weighted by Crippen LogP contribution is -2.24. The van der Waals surface area contributed by atoms with Gasteiger partial charge in [-0.1, -0.05) is 32.9 Å². The number of amides is 1. The van der Waals surface area contributed by atoms with Crippen LogP contribution in [0.4, 0.5) is 0 Å². The quantitative estimate of drug-likeness (QED) is 0.882. The number of benzene rings is 1. The standard InChI is InChI=1S/C17H20N2O3S/c1-17(2,3)16-19-13(10-23-16)8-14(20)18-9-11-4-6-12(7-5-11)15(21)22/h4-7,10H,8-9H2,1-3H3,(H,18,20)(H,21,22). The fourth-order valence-corrected chi connectivity index (χ4v) is 2.83. The average molecular weight is 332 g/mol. The number of carboxylic acids is 1. The maximum absolute atomic E-state index is 12.0. The van der Waals surface area contributed by atoms with Crippen LogP contribution in [-0.4, -0.2) is 22.0 Å². The molecule has 5 nitrogen and oxygen atoms in total. The number of thiazole rings is 1. The van der Waals surface area contributed by atoms with Crippen molar-refractivity contribution in [2.75, 3.05) is 0 Å². The molecule has 1 aromatic carbocycles. The van der Waals surface area contributed by atoms with E-state index in [1.165, 1.54) is 12.1 Å². The van der Waals surface area contributed by atoms with Crippen molar-refractivity contribution in [1.82, 2.24) is 10.3 Å². The predicted molar refractivity (Wildman–Crippen MR) is 89.8 cm³/mol. The van der Waals surface area contributed by atoms with Crippen LogP contribution in [0.2, 0.25) is 0 Å². The Bertz CT molecular complexity index is 699. The van der Waals surface area contributed by atoms with Gasteiger partial charge in [0.15, 0.2) is 0 Å². The Morgan fingerprint density at radius 3 is 2.39 bits per heavy atom. The third-order valence-corrected chi connectivity index (χ3v) is 4.54. The summed E-state index contributed by atoms with van der Waals surface area (Å²) in [6.45, 7) is 6.65. The van der Waals surface area contributed by atoms with Crippen molar-refractivity contribution >= 4 is 23.2 Å². The Hall–Kier alpha value is -2.21. The molecule has 2 rings (SSSR count). The van der Waals surface area contributed by atoms with Gasteiger partial charge in [-0.25, -0.2) is 9.78 Å². The van der Waals surface area contributed by atoms with Crippen molar-refractivity contribution < 1.29 is 14.7 Å². The number of carboxylic acid groups (broad SMARTS) is 1. The number of hydrogen-bond donors (Lipinski definition) is 2. The van der Waals surface area contributed by atoms with Crippen LogP contribution in [0.15, 0.2) is 29.6 Å². The van der Waals surface area contributed by atoms with Crippen molar-refractivity contribution in [1.29, 1.82) is 0 Å². The molecule has 1 amide bonds. The molecule has 0 unspecified atom stereocenters. The Morgan fingerprint density at radius 2 is 1.87 bits per heavy atom. The molecule has 0 fully saturated rings. The molecule has 122 valence electrons. The van der Waals surface area contributed by atoms with Gasteiger partial charge in [0.2, 0.25) is 5.91 Å². The Kier molecular flexibility index (Phi) is 5.15. The monoisotopic (exact) mass is 332 g/mol. The molecule has 1 heterocycles. The van der Waals surface area contributed by atoms with Crippen molar-refractivity contribution in [3.63, 3.8) is 0 Å². The van der Waals surface area contributed by atoms with Gasteiger partial charge in [0.1, 0.15) is 0 Å². The van der Waals surface area contributed by atoms with Gasteiger partial charge >= 0.3 is 5.97 Å². The highest BCUT2D eigenvalue weighted by molar-refractivity contribution is 7.09. The van der Waals surface area contributed by atoms with Crippen molar-refractivity contribution in [3.05, 3.63) is 51.5 Å². The SMILES string of the molecule is CC(C)(C)c1nc(CC(=O)NCc2ccc(C(=O)O)cc2)cs1. The van der Waals surface area contributed by atoms with E-state index in [4.69, 9.17) is 5.11 Å². The van der Waals surface area contributed by atoms with Crippen LogP contribution in [0.5, 0.6) is 0 Å². The molecule has 0 saturated carbocycles. The van der Waals surface area contributed by atoms with Crippen LogP contribution in [0.25, 0.3) is 0 Å². The van der Waals surface area contributed by atoms with E-state index in [1.54, 1.807) is 23.5 Å². The highest BCUT2D eigenvalue weighted by atomic mass is 32.1. The van der Waals surface area contributed by atoms with E-state index in [0.717, 1.165) is 16.3 Å². The predicted octanol–water partition coefficient (Wildman–Crippen LogP) is 3.00. The van der Waals surface area contributed by atoms with Gasteiger partial charge in [0.05, 0.1) is 22.7 Å². The van der Waals surface area contributed by atoms with Crippen molar-refractivity contribution in [2.45, 2.75) is 39.2 Å². The van der Waals surface area contributed by atoms with E-state index in [2.05, 4.69) is 31.1 Å². The zero-order valence-corrected chi connectivity index (χ0v) is 14.2. The lowest BCUT2D eigenvalue weighted by atomic mass is 9.98. The van der Waals surface area contributed by atoms with Crippen molar-refractivity contribution in [2.24, 2.45) is 0 Å². The second-order valence-electron chi connectivity index (χ2n) is 6.35. The molecular weight excluding hydrogens is 312 g/mol. The number of carbonyl (C=O) groups excluding carboxylic acids is 1. The lowest BCUT2D eigenvalue weighted by Gasteiger charge is -2.13. The minimum atomic E-state index is -0.959. The fraction of sp³-hybridized carbons (Fsp3) is 0.353. The van der Waals surface area contributed by atoms with Crippen LogP contribution in [-0.2, 0) is 23.2 Å². The normalized spacial score (nSPS) is 11.3. The number of rotatable bonds is 5. The topological polar surface area (TPSA) is 79.3 Å². The van der Waals surface area contributed by atoms with Crippen LogP contribution >= 0.6 is 11.3 Å². The highest BCUT2D eigenvalue weighted by Gasteiger charge is 2.18. The lowest BCUT2D eigenvalue weighted by molar-refractivity contribution is -0.120. The summed E-state index contributed by atoms with van der Waals surface area (Å²) in [5, 5.41) is 14.6. The Labute approximate surface area is 139 Å². The molecule has 0 atom stereocenters. The third kappa shape index (κ3) is 4.89. The summed E-state index contributed by atoms with van der Waals surface area (Å²) < 4.78 is 0. The van der Waals surface area contributed by atoms with Gasteiger partial charge in [0.25, 0.3) is 0 Å². The Balaban J connectivity index is 1.87. The first-order chi connectivity index (χ1) is 10.8. The van der Waals surface area contributed by atoms with E-state index in [-0.39, 0.29) is 23.3 Å². The second kappa shape index (κ2) is 6.91. The van der Waals surface area contributed by atoms with Gasteiger partial charge in [-0.2, -0.15) is 0 Å². The first kappa shape index (κ1) is 17.1. The summed E-state index contributed by atoms with van der Waals surface area (Å²) in [6.07, 6.45) is 0.250. The van der Waals surface area contributed by atoms with Crippen LogP contribution in [0.3, 0.4) is 0 Å². The maximum atomic E-state index is 12.0. The maximum Gasteiger partial charge on any atom is 0.335 e. The molecule has 23 heavy (non-hydrogen) atoms. The second-order valence-corrected chi connectivity index (χ2v) is 7.21. The van der Waals surface area contributed by atoms with E-state index in [1.807, 2.05) is 5.38 Å². The zero-order valence-electron chi connectivity index (χ0n) is 13.4. The molecule has 2 N–H and O–H groups in total. The molecule has 0 radical (unpaired) electrons. The number of aromatic carboxylic acids is 1. The first-order valence-electron chi connectivity index (χ1n) is 7.29. The summed E-state index contributed by atoms with van der Waals surface area (Å²) in [4.78, 5) is 27.3. The molecule has 0 bridgehead atoms. The largest absolute Gasteiger partial charge is 0.478 e. The number of aromatic nitrogens is 1. The number of carbonyl (C=O) groups is 2. The summed E-state index contributed by atoms with van der Waals surface area (Å²) in [6, 6.07) is 6.45. The minimum Gasteiger partial charge on any atom is -0.478 e. The van der Waals surface area contributed by atoms with Crippen LogP contribution < -0.4 is 5.32 Å². The third-order valence-electron chi connectivity index (χ3n) is 3.23. The van der Waals surface area contributed by atoms with E-state index in [0.29, 0.717) is 6.54 Å². The van der Waals surface area contributed by atoms with Crippen LogP contribution in [0.1, 0.15) is 47.4 Å². The van der Waals surface area contributed by atoms with Gasteiger partial charge in [-0.05, 0) is 17.7 Å².